The molecule has 17 heteroatoms. The maximum atomic E-state index is 12.7. The molecule has 5 atom stereocenters. The molecule has 0 amide bonds. The van der Waals surface area contributed by atoms with Crippen LogP contribution in [0, 0.1) is 0 Å². The van der Waals surface area contributed by atoms with Crippen LogP contribution in [0.5, 0.6) is 0 Å². The molecule has 0 bridgehead atoms. The average Bonchev–Trinajstić information content (AvgIpc) is 3.24. The number of hydrogen-bond acceptors (Lipinski definition) is 12. The van der Waals surface area contributed by atoms with Crippen LogP contribution in [0.2, 0.25) is 0 Å². The standard InChI is InChI=1S/C46H76O15P2/c1-3-5-7-9-11-13-15-17-18-19-20-21-23-25-27-29-31-35-46(51)61-42(40-60-63(55,56)59-38-41(47)37-58-62(52,53)54)39-57-45(50)36-32-34-44(49)43(48)33-30-28-26-24-22-16-14-12-10-8-6-4-2/h6,8,11-14,17-18,20-22,24-25,27-28,30,41-44,47-49H,3-5,7,9-10,15-16,19,23,26,29,31-40H2,1-2H3,(H,55,56)(H2,52,53,54)/b8-6-,13-11-,14-12-,18-17-,21-20-,24-22-,27-25-,30-28-/t41-,42+,43-,44-/m0/s1. The van der Waals surface area contributed by atoms with Crippen molar-refractivity contribution in [2.24, 2.45) is 0 Å². The van der Waals surface area contributed by atoms with Gasteiger partial charge in [0.15, 0.2) is 6.10 Å². The summed E-state index contributed by atoms with van der Waals surface area (Å²) in [5.74, 6) is -1.39. The highest BCUT2D eigenvalue weighted by molar-refractivity contribution is 7.47. The number of phosphoric ester groups is 2. The number of hydrogen-bond donors (Lipinski definition) is 6. The van der Waals surface area contributed by atoms with Gasteiger partial charge in [-0.3, -0.25) is 23.2 Å². The molecule has 0 aromatic carbocycles. The van der Waals surface area contributed by atoms with Gasteiger partial charge in [-0.15, -0.1) is 0 Å². The Bertz CT molecular complexity index is 1510. The summed E-state index contributed by atoms with van der Waals surface area (Å²) < 4.78 is 47.5. The van der Waals surface area contributed by atoms with Crippen LogP contribution in [0.25, 0.3) is 0 Å². The molecule has 63 heavy (non-hydrogen) atoms. The van der Waals surface area contributed by atoms with Gasteiger partial charge in [-0.25, -0.2) is 9.13 Å². The summed E-state index contributed by atoms with van der Waals surface area (Å²) in [4.78, 5) is 52.7. The van der Waals surface area contributed by atoms with Gasteiger partial charge in [0, 0.05) is 12.8 Å². The SMILES string of the molecule is CC/C=C\C/C=C\C/C=C\C/C=C\C[C@H](O)[C@@H](O)CCCC(=O)OC[C@H](COP(=O)(O)OC[C@@H](O)COP(=O)(O)O)OC(=O)CCC/C=C\C/C=C\C/C=C\C/C=C\CCCCC. The van der Waals surface area contributed by atoms with E-state index in [9.17, 15) is 38.9 Å². The lowest BCUT2D eigenvalue weighted by molar-refractivity contribution is -0.161. The number of allylic oxidation sites excluding steroid dienone is 15. The smallest absolute Gasteiger partial charge is 0.462 e. The Morgan fingerprint density at radius 3 is 1.54 bits per heavy atom. The third-order valence-corrected chi connectivity index (χ3v) is 10.1. The second kappa shape index (κ2) is 40.5. The Morgan fingerprint density at radius 1 is 0.524 bits per heavy atom. The van der Waals surface area contributed by atoms with Gasteiger partial charge in [0.25, 0.3) is 0 Å². The number of carbonyl (C=O) groups is 2. The predicted octanol–water partition coefficient (Wildman–Crippen LogP) is 9.28. The van der Waals surface area contributed by atoms with E-state index in [-0.39, 0.29) is 32.1 Å². The fourth-order valence-corrected chi connectivity index (χ4v) is 6.35. The molecule has 0 aliphatic carbocycles. The van der Waals surface area contributed by atoms with E-state index in [1.165, 1.54) is 19.3 Å². The fourth-order valence-electron chi connectivity index (χ4n) is 5.19. The number of aliphatic hydroxyl groups excluding tert-OH is 3. The molecule has 0 aliphatic rings. The molecule has 6 N–H and O–H groups in total. The lowest BCUT2D eigenvalue weighted by atomic mass is 10.0. The zero-order valence-corrected chi connectivity index (χ0v) is 39.1. The van der Waals surface area contributed by atoms with Crippen LogP contribution in [0.4, 0.5) is 0 Å². The van der Waals surface area contributed by atoms with E-state index >= 15 is 0 Å². The van der Waals surface area contributed by atoms with Gasteiger partial charge in [0.1, 0.15) is 12.7 Å². The monoisotopic (exact) mass is 930 g/mol. The van der Waals surface area contributed by atoms with Crippen molar-refractivity contribution in [3.63, 3.8) is 0 Å². The number of aliphatic hydroxyl groups is 3. The molecule has 0 aromatic rings. The summed E-state index contributed by atoms with van der Waals surface area (Å²) in [5, 5.41) is 30.4. The van der Waals surface area contributed by atoms with Gasteiger partial charge in [0.05, 0.1) is 32.0 Å². The topological polar surface area (TPSA) is 236 Å². The summed E-state index contributed by atoms with van der Waals surface area (Å²) >= 11 is 0. The summed E-state index contributed by atoms with van der Waals surface area (Å²) in [7, 11) is -9.80. The van der Waals surface area contributed by atoms with E-state index in [1.807, 2.05) is 24.3 Å². The van der Waals surface area contributed by atoms with Gasteiger partial charge >= 0.3 is 27.6 Å². The highest BCUT2D eigenvalue weighted by Gasteiger charge is 2.28. The van der Waals surface area contributed by atoms with Gasteiger partial charge in [0.2, 0.25) is 0 Å². The Kier molecular flexibility index (Phi) is 38.5. The van der Waals surface area contributed by atoms with Crippen molar-refractivity contribution in [3.8, 4) is 0 Å². The van der Waals surface area contributed by atoms with E-state index in [1.54, 1.807) is 6.08 Å². The third kappa shape index (κ3) is 42.7. The van der Waals surface area contributed by atoms with E-state index < -0.39 is 78.4 Å². The molecule has 0 saturated carbocycles. The minimum atomic E-state index is -4.90. The summed E-state index contributed by atoms with van der Waals surface area (Å²) in [5.41, 5.74) is 0. The number of esters is 2. The lowest BCUT2D eigenvalue weighted by Crippen LogP contribution is -2.30. The lowest BCUT2D eigenvalue weighted by Gasteiger charge is -2.20. The van der Waals surface area contributed by atoms with Crippen LogP contribution < -0.4 is 0 Å². The van der Waals surface area contributed by atoms with Crippen LogP contribution in [0.3, 0.4) is 0 Å². The molecule has 0 aromatic heterocycles. The van der Waals surface area contributed by atoms with Gasteiger partial charge in [-0.2, -0.15) is 0 Å². The van der Waals surface area contributed by atoms with Crippen molar-refractivity contribution < 1.29 is 71.8 Å². The normalized spacial score (nSPS) is 15.9. The van der Waals surface area contributed by atoms with Crippen molar-refractivity contribution in [3.05, 3.63) is 97.2 Å². The predicted molar refractivity (Wildman–Crippen MR) is 246 cm³/mol. The highest BCUT2D eigenvalue weighted by Crippen LogP contribution is 2.43. The number of phosphoric acid groups is 2. The van der Waals surface area contributed by atoms with Crippen LogP contribution in [0.15, 0.2) is 97.2 Å². The van der Waals surface area contributed by atoms with Crippen LogP contribution in [0.1, 0.15) is 129 Å². The van der Waals surface area contributed by atoms with E-state index in [0.717, 1.165) is 44.9 Å². The molecule has 0 spiro atoms. The van der Waals surface area contributed by atoms with Crippen molar-refractivity contribution in [2.75, 3.05) is 26.4 Å². The Labute approximate surface area is 375 Å². The van der Waals surface area contributed by atoms with Crippen molar-refractivity contribution in [1.82, 2.24) is 0 Å². The third-order valence-electron chi connectivity index (χ3n) is 8.65. The minimum absolute atomic E-state index is 0.0113. The Morgan fingerprint density at radius 2 is 1.00 bits per heavy atom. The molecule has 0 aliphatic heterocycles. The van der Waals surface area contributed by atoms with Crippen molar-refractivity contribution in [1.29, 1.82) is 0 Å². The molecule has 0 saturated heterocycles. The van der Waals surface area contributed by atoms with Gasteiger partial charge in [-0.05, 0) is 89.9 Å². The molecule has 0 radical (unpaired) electrons. The summed E-state index contributed by atoms with van der Waals surface area (Å²) in [6.07, 6.45) is 40.1. The summed E-state index contributed by atoms with van der Waals surface area (Å²) in [6.45, 7) is 1.20. The molecule has 0 heterocycles. The van der Waals surface area contributed by atoms with E-state index in [4.69, 9.17) is 23.8 Å². The number of rotatable bonds is 40. The maximum Gasteiger partial charge on any atom is 0.472 e. The quantitative estimate of drug-likeness (QED) is 0.0145. The largest absolute Gasteiger partial charge is 0.472 e. The zero-order chi connectivity index (χ0) is 46.9. The molecule has 360 valence electrons. The highest BCUT2D eigenvalue weighted by atomic mass is 31.2. The first kappa shape index (κ1) is 60.0. The maximum absolute atomic E-state index is 12.7. The van der Waals surface area contributed by atoms with Crippen LogP contribution in [-0.2, 0) is 41.8 Å². The van der Waals surface area contributed by atoms with E-state index in [0.29, 0.717) is 19.3 Å². The first-order chi connectivity index (χ1) is 30.2. The van der Waals surface area contributed by atoms with Crippen molar-refractivity contribution >= 4 is 27.6 Å². The molecular weight excluding hydrogens is 854 g/mol. The number of ether oxygens (including phenoxy) is 2. The fraction of sp³-hybridized carbons (Fsp3) is 0.609. The summed E-state index contributed by atoms with van der Waals surface area (Å²) in [6, 6.07) is 0. The Hall–Kier alpha value is -3.04. The second-order valence-corrected chi connectivity index (χ2v) is 17.2. The number of carbonyl (C=O) groups excluding carboxylic acids is 2. The van der Waals surface area contributed by atoms with E-state index in [2.05, 4.69) is 89.7 Å². The average molecular weight is 931 g/mol. The Balaban J connectivity index is 4.85. The molecule has 1 unspecified atom stereocenters. The first-order valence-corrected chi connectivity index (χ1v) is 25.1. The van der Waals surface area contributed by atoms with Gasteiger partial charge in [-0.1, -0.05) is 124 Å². The van der Waals surface area contributed by atoms with Crippen LogP contribution >= 0.6 is 15.6 Å². The van der Waals surface area contributed by atoms with Crippen molar-refractivity contribution in [2.45, 2.75) is 154 Å². The second-order valence-electron chi connectivity index (χ2n) is 14.5. The number of unbranched alkanes of at least 4 members (excludes halogenated alkanes) is 4. The molecular formula is C46H76O15P2. The molecule has 0 fully saturated rings. The van der Waals surface area contributed by atoms with Crippen LogP contribution in [-0.4, -0.2) is 92.8 Å². The first-order valence-electron chi connectivity index (χ1n) is 22.1. The minimum Gasteiger partial charge on any atom is -0.462 e. The van der Waals surface area contributed by atoms with Gasteiger partial charge < -0.3 is 39.5 Å². The zero-order valence-electron chi connectivity index (χ0n) is 37.4. The molecule has 15 nitrogen and oxygen atoms in total. The molecule has 0 rings (SSSR count).